The van der Waals surface area contributed by atoms with Gasteiger partial charge >= 0.3 is 0 Å². The van der Waals surface area contributed by atoms with Crippen LogP contribution in [0.4, 0.5) is 0 Å². The molecule has 0 aromatic heterocycles. The van der Waals surface area contributed by atoms with E-state index in [1.54, 1.807) is 14.0 Å². The molecule has 2 unspecified atom stereocenters. The summed E-state index contributed by atoms with van der Waals surface area (Å²) in [6, 6.07) is -0.282. The molecule has 148 valence electrons. The summed E-state index contributed by atoms with van der Waals surface area (Å²) in [5, 5.41) is 0. The van der Waals surface area contributed by atoms with Crippen molar-refractivity contribution in [3.63, 3.8) is 0 Å². The van der Waals surface area contributed by atoms with E-state index < -0.39 is 5.60 Å². The first-order chi connectivity index (χ1) is 11.8. The van der Waals surface area contributed by atoms with Crippen molar-refractivity contribution in [3.8, 4) is 0 Å². The van der Waals surface area contributed by atoms with Crippen LogP contribution in [0.1, 0.15) is 53.9 Å². The van der Waals surface area contributed by atoms with Crippen LogP contribution in [0.25, 0.3) is 0 Å². The molecule has 2 N–H and O–H groups in total. The Labute approximate surface area is 153 Å². The SMILES string of the molecule is CCOC(C)OC[C@@H]1C[C@H](C(C)=O)N(C)[C@H]1C(N)C(CC)(CC)OC. The van der Waals surface area contributed by atoms with Crippen molar-refractivity contribution in [2.75, 3.05) is 27.4 Å². The van der Waals surface area contributed by atoms with Gasteiger partial charge in [-0.15, -0.1) is 0 Å². The van der Waals surface area contributed by atoms with Crippen molar-refractivity contribution in [2.24, 2.45) is 11.7 Å². The third kappa shape index (κ3) is 5.01. The highest BCUT2D eigenvalue weighted by molar-refractivity contribution is 5.81. The van der Waals surface area contributed by atoms with Gasteiger partial charge < -0.3 is 19.9 Å². The molecule has 0 saturated carbocycles. The number of nitrogens with zero attached hydrogens (tertiary/aromatic N) is 1. The van der Waals surface area contributed by atoms with Gasteiger partial charge in [0.2, 0.25) is 0 Å². The quantitative estimate of drug-likeness (QED) is 0.571. The first kappa shape index (κ1) is 22.5. The molecule has 5 atom stereocenters. The van der Waals surface area contributed by atoms with Gasteiger partial charge in [-0.05, 0) is 47.1 Å². The molecule has 0 aromatic carbocycles. The van der Waals surface area contributed by atoms with Crippen molar-refractivity contribution >= 4 is 5.78 Å². The van der Waals surface area contributed by atoms with Gasteiger partial charge in [0, 0.05) is 31.7 Å². The third-order valence-electron chi connectivity index (χ3n) is 5.97. The molecule has 0 bridgehead atoms. The van der Waals surface area contributed by atoms with E-state index in [0.717, 1.165) is 19.3 Å². The molecule has 1 saturated heterocycles. The molecule has 1 aliphatic heterocycles. The maximum Gasteiger partial charge on any atom is 0.154 e. The minimum Gasteiger partial charge on any atom is -0.377 e. The Bertz CT molecular complexity index is 406. The first-order valence-corrected chi connectivity index (χ1v) is 9.54. The van der Waals surface area contributed by atoms with Gasteiger partial charge in [0.1, 0.15) is 5.78 Å². The molecule has 0 radical (unpaired) electrons. The Morgan fingerprint density at radius 2 is 1.88 bits per heavy atom. The highest BCUT2D eigenvalue weighted by Crippen LogP contribution is 2.37. The Hall–Kier alpha value is -0.530. The number of nitrogens with two attached hydrogens (primary N) is 1. The molecule has 1 heterocycles. The minimum absolute atomic E-state index is 0.0302. The molecule has 0 amide bonds. The molecule has 1 aliphatic rings. The number of ether oxygens (including phenoxy) is 3. The van der Waals surface area contributed by atoms with Gasteiger partial charge in [-0.3, -0.25) is 9.69 Å². The predicted molar refractivity (Wildman–Crippen MR) is 99.5 cm³/mol. The van der Waals surface area contributed by atoms with Crippen LogP contribution in [-0.4, -0.2) is 68.1 Å². The van der Waals surface area contributed by atoms with Crippen molar-refractivity contribution in [3.05, 3.63) is 0 Å². The van der Waals surface area contributed by atoms with Crippen molar-refractivity contribution in [1.82, 2.24) is 4.90 Å². The van der Waals surface area contributed by atoms with Gasteiger partial charge in [0.25, 0.3) is 0 Å². The van der Waals surface area contributed by atoms with E-state index in [-0.39, 0.29) is 36.1 Å². The Morgan fingerprint density at radius 1 is 1.28 bits per heavy atom. The Morgan fingerprint density at radius 3 is 2.32 bits per heavy atom. The Kier molecular flexibility index (Phi) is 8.98. The molecular formula is C19H38N2O4. The highest BCUT2D eigenvalue weighted by atomic mass is 16.7. The second-order valence-electron chi connectivity index (χ2n) is 7.14. The van der Waals surface area contributed by atoms with Crippen LogP contribution in [0.3, 0.4) is 0 Å². The fourth-order valence-electron chi connectivity index (χ4n) is 4.30. The number of Topliss-reactive ketones (excluding diaryl/α,β-unsaturated/α-hetero) is 1. The monoisotopic (exact) mass is 358 g/mol. The minimum atomic E-state index is -0.394. The molecule has 25 heavy (non-hydrogen) atoms. The first-order valence-electron chi connectivity index (χ1n) is 9.54. The Balaban J connectivity index is 3.00. The molecule has 0 aromatic rings. The van der Waals surface area contributed by atoms with Gasteiger partial charge in [-0.25, -0.2) is 0 Å². The van der Waals surface area contributed by atoms with Crippen LogP contribution in [0.15, 0.2) is 0 Å². The smallest absolute Gasteiger partial charge is 0.154 e. The summed E-state index contributed by atoms with van der Waals surface area (Å²) in [6.45, 7) is 10.9. The van der Waals surface area contributed by atoms with E-state index >= 15 is 0 Å². The van der Waals surface area contributed by atoms with Crippen LogP contribution in [0.2, 0.25) is 0 Å². The number of likely N-dealkylation sites (N-methyl/N-ethyl adjacent to an activating group) is 1. The van der Waals surface area contributed by atoms with E-state index in [9.17, 15) is 4.79 Å². The largest absolute Gasteiger partial charge is 0.377 e. The topological polar surface area (TPSA) is 74.0 Å². The maximum atomic E-state index is 12.1. The average Bonchev–Trinajstić information content (AvgIpc) is 2.91. The predicted octanol–water partition coefficient (Wildman–Crippen LogP) is 2.20. The molecular weight excluding hydrogens is 320 g/mol. The number of hydrogen-bond acceptors (Lipinski definition) is 6. The number of carbonyl (C=O) groups excluding carboxylic acids is 1. The summed E-state index contributed by atoms with van der Waals surface area (Å²) in [6.07, 6.45) is 2.17. The van der Waals surface area contributed by atoms with Gasteiger partial charge in [0.05, 0.1) is 18.2 Å². The van der Waals surface area contributed by atoms with Gasteiger partial charge in [-0.2, -0.15) is 0 Å². The van der Waals surface area contributed by atoms with Crippen LogP contribution in [-0.2, 0) is 19.0 Å². The highest BCUT2D eigenvalue weighted by Gasteiger charge is 2.49. The van der Waals surface area contributed by atoms with Gasteiger partial charge in [0.15, 0.2) is 6.29 Å². The molecule has 0 aliphatic carbocycles. The number of methoxy groups -OCH3 is 1. The number of ketones is 1. The molecule has 1 rings (SSSR count). The van der Waals surface area contributed by atoms with Crippen LogP contribution < -0.4 is 5.73 Å². The maximum absolute atomic E-state index is 12.1. The number of rotatable bonds is 11. The van der Waals surface area contributed by atoms with E-state index in [1.807, 2.05) is 20.9 Å². The lowest BCUT2D eigenvalue weighted by Crippen LogP contribution is -2.61. The van der Waals surface area contributed by atoms with Gasteiger partial charge in [-0.1, -0.05) is 13.8 Å². The van der Waals surface area contributed by atoms with E-state index in [1.165, 1.54) is 0 Å². The number of likely N-dealkylation sites (tertiary alicyclic amines) is 1. The van der Waals surface area contributed by atoms with Crippen molar-refractivity contribution in [2.45, 2.75) is 83.9 Å². The van der Waals surface area contributed by atoms with Crippen LogP contribution in [0, 0.1) is 5.92 Å². The fourth-order valence-corrected chi connectivity index (χ4v) is 4.30. The van der Waals surface area contributed by atoms with Crippen molar-refractivity contribution < 1.29 is 19.0 Å². The summed E-state index contributed by atoms with van der Waals surface area (Å²) in [7, 11) is 3.72. The zero-order chi connectivity index (χ0) is 19.2. The summed E-state index contributed by atoms with van der Waals surface area (Å²) >= 11 is 0. The lowest BCUT2D eigenvalue weighted by atomic mass is 9.80. The lowest BCUT2D eigenvalue weighted by Gasteiger charge is -2.43. The molecule has 6 nitrogen and oxygen atoms in total. The molecule has 6 heteroatoms. The van der Waals surface area contributed by atoms with Crippen molar-refractivity contribution in [1.29, 1.82) is 0 Å². The van der Waals surface area contributed by atoms with Crippen LogP contribution >= 0.6 is 0 Å². The normalized spacial score (nSPS) is 27.4. The second kappa shape index (κ2) is 9.97. The number of carbonyl (C=O) groups is 1. The summed E-state index contributed by atoms with van der Waals surface area (Å²) < 4.78 is 17.2. The summed E-state index contributed by atoms with van der Waals surface area (Å²) in [5.74, 6) is 0.348. The average molecular weight is 359 g/mol. The second-order valence-corrected chi connectivity index (χ2v) is 7.14. The standard InChI is InChI=1S/C19H38N2O4/c1-8-19(9-2,23-7)18(20)17-15(12-25-14(5)24-10-3)11-16(13(4)22)21(17)6/h14-18H,8-12,20H2,1-7H3/t14?,15-,16+,17+,18?/m0/s1. The zero-order valence-corrected chi connectivity index (χ0v) is 17.1. The molecule has 1 fully saturated rings. The lowest BCUT2D eigenvalue weighted by molar-refractivity contribution is -0.139. The van der Waals surface area contributed by atoms with E-state index in [4.69, 9.17) is 19.9 Å². The van der Waals surface area contributed by atoms with E-state index in [0.29, 0.717) is 13.2 Å². The number of hydrogen-bond donors (Lipinski definition) is 1. The van der Waals surface area contributed by atoms with E-state index in [2.05, 4.69) is 18.7 Å². The fraction of sp³-hybridized carbons (Fsp3) is 0.947. The summed E-state index contributed by atoms with van der Waals surface area (Å²) in [4.78, 5) is 14.2. The summed E-state index contributed by atoms with van der Waals surface area (Å²) in [5.41, 5.74) is 6.34. The molecule has 0 spiro atoms. The zero-order valence-electron chi connectivity index (χ0n) is 17.1. The third-order valence-corrected chi connectivity index (χ3v) is 5.97. The van der Waals surface area contributed by atoms with Crippen LogP contribution in [0.5, 0.6) is 0 Å².